The molecule has 1 saturated heterocycles. The van der Waals surface area contributed by atoms with Crippen LogP contribution < -0.4 is 9.47 Å². The SMILES string of the molecule is CCCCOc1cc(CN2CCCC(C(=O)O)C2)ccc1OC. The summed E-state index contributed by atoms with van der Waals surface area (Å²) in [6, 6.07) is 5.96. The highest BCUT2D eigenvalue weighted by Crippen LogP contribution is 2.29. The number of carboxylic acid groups (broad SMARTS) is 1. The van der Waals surface area contributed by atoms with Crippen LogP contribution in [0.4, 0.5) is 0 Å². The number of carboxylic acids is 1. The van der Waals surface area contributed by atoms with Crippen molar-refractivity contribution in [2.45, 2.75) is 39.2 Å². The van der Waals surface area contributed by atoms with E-state index in [9.17, 15) is 9.90 Å². The number of piperidine rings is 1. The Balaban J connectivity index is 2.01. The Morgan fingerprint density at radius 2 is 2.22 bits per heavy atom. The molecule has 1 atom stereocenters. The number of unbranched alkanes of at least 4 members (excludes halogenated alkanes) is 1. The minimum Gasteiger partial charge on any atom is -0.493 e. The molecule has 128 valence electrons. The van der Waals surface area contributed by atoms with Crippen LogP contribution >= 0.6 is 0 Å². The van der Waals surface area contributed by atoms with Gasteiger partial charge in [0.15, 0.2) is 11.5 Å². The van der Waals surface area contributed by atoms with Crippen LogP contribution in [0.5, 0.6) is 11.5 Å². The highest BCUT2D eigenvalue weighted by atomic mass is 16.5. The summed E-state index contributed by atoms with van der Waals surface area (Å²) in [5.41, 5.74) is 1.13. The minimum atomic E-state index is -0.687. The average molecular weight is 321 g/mol. The zero-order valence-corrected chi connectivity index (χ0v) is 14.1. The maximum absolute atomic E-state index is 11.2. The maximum atomic E-state index is 11.2. The molecule has 1 N–H and O–H groups in total. The number of rotatable bonds is 8. The smallest absolute Gasteiger partial charge is 0.307 e. The van der Waals surface area contributed by atoms with Crippen molar-refractivity contribution in [3.05, 3.63) is 23.8 Å². The van der Waals surface area contributed by atoms with Gasteiger partial charge in [-0.2, -0.15) is 0 Å². The van der Waals surface area contributed by atoms with E-state index in [1.165, 1.54) is 0 Å². The summed E-state index contributed by atoms with van der Waals surface area (Å²) >= 11 is 0. The second-order valence-electron chi connectivity index (χ2n) is 6.10. The van der Waals surface area contributed by atoms with Gasteiger partial charge in [0.25, 0.3) is 0 Å². The van der Waals surface area contributed by atoms with E-state index in [-0.39, 0.29) is 5.92 Å². The predicted octanol–water partition coefficient (Wildman–Crippen LogP) is 3.17. The molecule has 5 heteroatoms. The lowest BCUT2D eigenvalue weighted by atomic mass is 9.98. The second kappa shape index (κ2) is 8.77. The molecule has 0 aromatic heterocycles. The molecule has 1 aliphatic rings. The number of hydrogen-bond acceptors (Lipinski definition) is 4. The Morgan fingerprint density at radius 1 is 1.39 bits per heavy atom. The Kier molecular flexibility index (Phi) is 6.71. The van der Waals surface area contributed by atoms with E-state index >= 15 is 0 Å². The fourth-order valence-corrected chi connectivity index (χ4v) is 2.92. The van der Waals surface area contributed by atoms with E-state index in [0.29, 0.717) is 13.2 Å². The molecule has 1 unspecified atom stereocenters. The van der Waals surface area contributed by atoms with Gasteiger partial charge in [0, 0.05) is 13.1 Å². The number of likely N-dealkylation sites (tertiary alicyclic amines) is 1. The second-order valence-corrected chi connectivity index (χ2v) is 6.10. The van der Waals surface area contributed by atoms with Crippen molar-refractivity contribution in [2.75, 3.05) is 26.8 Å². The Morgan fingerprint density at radius 3 is 2.91 bits per heavy atom. The molecule has 0 amide bonds. The Hall–Kier alpha value is -1.75. The van der Waals surface area contributed by atoms with Crippen molar-refractivity contribution in [1.82, 2.24) is 4.90 Å². The number of methoxy groups -OCH3 is 1. The third kappa shape index (κ3) is 5.13. The van der Waals surface area contributed by atoms with Gasteiger partial charge in [-0.05, 0) is 43.5 Å². The minimum absolute atomic E-state index is 0.248. The van der Waals surface area contributed by atoms with Crippen LogP contribution in [0.1, 0.15) is 38.2 Å². The molecule has 0 bridgehead atoms. The summed E-state index contributed by atoms with van der Waals surface area (Å²) in [5.74, 6) is 0.576. The van der Waals surface area contributed by atoms with Gasteiger partial charge in [-0.15, -0.1) is 0 Å². The van der Waals surface area contributed by atoms with Gasteiger partial charge in [0.1, 0.15) is 0 Å². The molecule has 23 heavy (non-hydrogen) atoms. The zero-order valence-electron chi connectivity index (χ0n) is 14.1. The van der Waals surface area contributed by atoms with E-state index in [4.69, 9.17) is 9.47 Å². The van der Waals surface area contributed by atoms with Gasteiger partial charge in [-0.3, -0.25) is 9.69 Å². The first-order valence-corrected chi connectivity index (χ1v) is 8.39. The number of nitrogens with zero attached hydrogens (tertiary/aromatic N) is 1. The summed E-state index contributed by atoms with van der Waals surface area (Å²) in [6.45, 7) is 5.13. The van der Waals surface area contributed by atoms with Crippen LogP contribution in [0, 0.1) is 5.92 Å². The topological polar surface area (TPSA) is 59.0 Å². The van der Waals surface area contributed by atoms with E-state index in [0.717, 1.165) is 55.8 Å². The van der Waals surface area contributed by atoms with Gasteiger partial charge < -0.3 is 14.6 Å². The number of ether oxygens (including phenoxy) is 2. The number of carbonyl (C=O) groups is 1. The van der Waals surface area contributed by atoms with E-state index in [1.807, 2.05) is 18.2 Å². The fraction of sp³-hybridized carbons (Fsp3) is 0.611. The van der Waals surface area contributed by atoms with Crippen molar-refractivity contribution < 1.29 is 19.4 Å². The molecule has 5 nitrogen and oxygen atoms in total. The van der Waals surface area contributed by atoms with Crippen LogP contribution in [0.25, 0.3) is 0 Å². The molecule has 0 saturated carbocycles. The molecule has 0 aliphatic carbocycles. The van der Waals surface area contributed by atoms with Gasteiger partial charge in [-0.25, -0.2) is 0 Å². The highest BCUT2D eigenvalue weighted by molar-refractivity contribution is 5.70. The van der Waals surface area contributed by atoms with Crippen LogP contribution in [0.15, 0.2) is 18.2 Å². The van der Waals surface area contributed by atoms with Crippen LogP contribution in [0.2, 0.25) is 0 Å². The Labute approximate surface area is 138 Å². The number of hydrogen-bond donors (Lipinski definition) is 1. The van der Waals surface area contributed by atoms with Crippen molar-refractivity contribution in [3.63, 3.8) is 0 Å². The van der Waals surface area contributed by atoms with Crippen molar-refractivity contribution in [2.24, 2.45) is 5.92 Å². The molecule has 2 rings (SSSR count). The molecule has 1 aromatic rings. The third-order valence-electron chi connectivity index (χ3n) is 4.24. The molecule has 1 aromatic carbocycles. The van der Waals surface area contributed by atoms with Gasteiger partial charge >= 0.3 is 5.97 Å². The first kappa shape index (κ1) is 17.6. The fourth-order valence-electron chi connectivity index (χ4n) is 2.92. The summed E-state index contributed by atoms with van der Waals surface area (Å²) in [5, 5.41) is 9.19. The molecular weight excluding hydrogens is 294 g/mol. The zero-order chi connectivity index (χ0) is 16.7. The lowest BCUT2D eigenvalue weighted by Crippen LogP contribution is -2.38. The van der Waals surface area contributed by atoms with Crippen molar-refractivity contribution >= 4 is 5.97 Å². The Bertz CT molecular complexity index is 518. The van der Waals surface area contributed by atoms with Gasteiger partial charge in [-0.1, -0.05) is 19.4 Å². The van der Waals surface area contributed by atoms with E-state index < -0.39 is 5.97 Å². The van der Waals surface area contributed by atoms with Crippen LogP contribution in [0.3, 0.4) is 0 Å². The lowest BCUT2D eigenvalue weighted by molar-refractivity contribution is -0.143. The van der Waals surface area contributed by atoms with Gasteiger partial charge in [0.2, 0.25) is 0 Å². The maximum Gasteiger partial charge on any atom is 0.307 e. The molecular formula is C18H27NO4. The molecule has 0 radical (unpaired) electrons. The van der Waals surface area contributed by atoms with Crippen molar-refractivity contribution in [3.8, 4) is 11.5 Å². The standard InChI is InChI=1S/C18H27NO4/c1-3-4-10-23-17-11-14(7-8-16(17)22-2)12-19-9-5-6-15(13-19)18(20)21/h7-8,11,15H,3-6,9-10,12-13H2,1-2H3,(H,20,21). The van der Waals surface area contributed by atoms with E-state index in [1.54, 1.807) is 7.11 Å². The molecule has 1 aliphatic heterocycles. The largest absolute Gasteiger partial charge is 0.493 e. The quantitative estimate of drug-likeness (QED) is 0.745. The van der Waals surface area contributed by atoms with Crippen LogP contribution in [-0.2, 0) is 11.3 Å². The average Bonchev–Trinajstić information content (AvgIpc) is 2.55. The molecule has 1 heterocycles. The summed E-state index contributed by atoms with van der Waals surface area (Å²) in [6.07, 6.45) is 3.82. The molecule has 1 fully saturated rings. The molecule has 0 spiro atoms. The highest BCUT2D eigenvalue weighted by Gasteiger charge is 2.25. The number of benzene rings is 1. The summed E-state index contributed by atoms with van der Waals surface area (Å²) in [7, 11) is 1.64. The lowest BCUT2D eigenvalue weighted by Gasteiger charge is -2.30. The normalized spacial score (nSPS) is 18.6. The first-order valence-electron chi connectivity index (χ1n) is 8.39. The predicted molar refractivity (Wildman–Crippen MR) is 89.0 cm³/mol. The first-order chi connectivity index (χ1) is 11.1. The van der Waals surface area contributed by atoms with Crippen molar-refractivity contribution in [1.29, 1.82) is 0 Å². The number of aliphatic carboxylic acids is 1. The monoisotopic (exact) mass is 321 g/mol. The summed E-state index contributed by atoms with van der Waals surface area (Å²) < 4.78 is 11.2. The van der Waals surface area contributed by atoms with Crippen LogP contribution in [-0.4, -0.2) is 42.8 Å². The van der Waals surface area contributed by atoms with E-state index in [2.05, 4.69) is 11.8 Å². The third-order valence-corrected chi connectivity index (χ3v) is 4.24. The summed E-state index contributed by atoms with van der Waals surface area (Å²) in [4.78, 5) is 13.4. The van der Waals surface area contributed by atoms with Gasteiger partial charge in [0.05, 0.1) is 19.6 Å².